The van der Waals surface area contributed by atoms with Crippen LogP contribution in [0.4, 0.5) is 0 Å². The molecule has 1 radical (unpaired) electrons. The van der Waals surface area contributed by atoms with Crippen LogP contribution in [0.1, 0.15) is 83.1 Å². The van der Waals surface area contributed by atoms with E-state index in [9.17, 15) is 0 Å². The van der Waals surface area contributed by atoms with Crippen molar-refractivity contribution in [1.29, 1.82) is 0 Å². The molecule has 0 N–H and O–H groups in total. The maximum Gasteiger partial charge on any atom is -0.0181 e. The lowest BCUT2D eigenvalue weighted by molar-refractivity contribution is 0.549. The monoisotopic (exact) mass is 259 g/mol. The summed E-state index contributed by atoms with van der Waals surface area (Å²) in [6.07, 6.45) is 16.9. The normalized spacial score (nSPS) is 10.8. The fourth-order valence-corrected chi connectivity index (χ4v) is 2.58. The zero-order valence-electron chi connectivity index (χ0n) is 12.8. The van der Waals surface area contributed by atoms with E-state index in [2.05, 4.69) is 31.2 Å². The van der Waals surface area contributed by atoms with Crippen LogP contribution in [0, 0.1) is 6.07 Å². The first-order valence-corrected chi connectivity index (χ1v) is 8.38. The molecule has 0 saturated heterocycles. The minimum absolute atomic E-state index is 1.23. The van der Waals surface area contributed by atoms with Crippen LogP contribution < -0.4 is 0 Å². The predicted octanol–water partition coefficient (Wildman–Crippen LogP) is 6.34. The summed E-state index contributed by atoms with van der Waals surface area (Å²) >= 11 is 0. The molecule has 0 aliphatic carbocycles. The Kier molecular flexibility index (Phi) is 10.5. The molecule has 0 fully saturated rings. The van der Waals surface area contributed by atoms with Crippen LogP contribution >= 0.6 is 0 Å². The fourth-order valence-electron chi connectivity index (χ4n) is 2.58. The number of hydrogen-bond donors (Lipinski definition) is 0. The zero-order valence-corrected chi connectivity index (χ0v) is 12.8. The van der Waals surface area contributed by atoms with Gasteiger partial charge in [-0.3, -0.25) is 0 Å². The van der Waals surface area contributed by atoms with Crippen LogP contribution in [0.5, 0.6) is 0 Å². The Bertz CT molecular complexity index is 275. The summed E-state index contributed by atoms with van der Waals surface area (Å²) in [5.41, 5.74) is 1.44. The van der Waals surface area contributed by atoms with Gasteiger partial charge in [-0.2, -0.15) is 0 Å². The van der Waals surface area contributed by atoms with E-state index in [1.807, 2.05) is 6.07 Å². The van der Waals surface area contributed by atoms with Crippen molar-refractivity contribution < 1.29 is 0 Å². The highest BCUT2D eigenvalue weighted by molar-refractivity contribution is 5.13. The molecule has 1 aromatic rings. The third kappa shape index (κ3) is 9.76. The molecular weight excluding hydrogens is 228 g/mol. The molecule has 0 nitrogen and oxygen atoms in total. The summed E-state index contributed by atoms with van der Waals surface area (Å²) in [4.78, 5) is 0. The van der Waals surface area contributed by atoms with E-state index in [1.165, 1.54) is 82.6 Å². The Labute approximate surface area is 120 Å². The quantitative estimate of drug-likeness (QED) is 0.384. The molecular formula is C19H31. The second kappa shape index (κ2) is 12.3. The van der Waals surface area contributed by atoms with Crippen molar-refractivity contribution in [3.8, 4) is 0 Å². The molecule has 0 spiro atoms. The third-order valence-electron chi connectivity index (χ3n) is 3.84. The van der Waals surface area contributed by atoms with E-state index in [0.717, 1.165) is 0 Å². The number of rotatable bonds is 12. The number of unbranched alkanes of at least 4 members (excludes halogenated alkanes) is 10. The molecule has 0 bridgehead atoms. The summed E-state index contributed by atoms with van der Waals surface area (Å²) in [5, 5.41) is 0. The molecule has 107 valence electrons. The first kappa shape index (κ1) is 16.3. The van der Waals surface area contributed by atoms with Gasteiger partial charge < -0.3 is 0 Å². The average molecular weight is 259 g/mol. The summed E-state index contributed by atoms with van der Waals surface area (Å²) in [6, 6.07) is 11.6. The van der Waals surface area contributed by atoms with E-state index in [4.69, 9.17) is 0 Å². The van der Waals surface area contributed by atoms with Crippen LogP contribution in [0.15, 0.2) is 24.3 Å². The van der Waals surface area contributed by atoms with Crippen molar-refractivity contribution in [3.63, 3.8) is 0 Å². The molecule has 0 heteroatoms. The lowest BCUT2D eigenvalue weighted by Crippen LogP contribution is -1.86. The van der Waals surface area contributed by atoms with E-state index in [0.29, 0.717) is 0 Å². The Morgan fingerprint density at radius 3 is 1.89 bits per heavy atom. The maximum atomic E-state index is 3.15. The van der Waals surface area contributed by atoms with Crippen LogP contribution in [0.2, 0.25) is 0 Å². The Morgan fingerprint density at radius 1 is 0.789 bits per heavy atom. The van der Waals surface area contributed by atoms with E-state index in [1.54, 1.807) is 0 Å². The van der Waals surface area contributed by atoms with E-state index in [-0.39, 0.29) is 0 Å². The van der Waals surface area contributed by atoms with Crippen molar-refractivity contribution in [2.75, 3.05) is 0 Å². The standard InChI is InChI=1S/C19H31/c1-2-3-4-5-6-7-8-9-10-11-13-16-19-17-14-12-15-18-19/h12,14,17-18H,2-11,13,16H2,1H3. The van der Waals surface area contributed by atoms with Gasteiger partial charge in [-0.05, 0) is 24.5 Å². The highest BCUT2D eigenvalue weighted by atomic mass is 14.0. The fraction of sp³-hybridized carbons (Fsp3) is 0.684. The molecule has 0 aromatic heterocycles. The average Bonchev–Trinajstić information content (AvgIpc) is 2.46. The van der Waals surface area contributed by atoms with Gasteiger partial charge >= 0.3 is 0 Å². The highest BCUT2D eigenvalue weighted by Gasteiger charge is 1.94. The van der Waals surface area contributed by atoms with Crippen molar-refractivity contribution in [2.24, 2.45) is 0 Å². The van der Waals surface area contributed by atoms with Crippen molar-refractivity contribution >= 4 is 0 Å². The van der Waals surface area contributed by atoms with Gasteiger partial charge in [0.1, 0.15) is 0 Å². The smallest absolute Gasteiger partial charge is 0.0181 e. The van der Waals surface area contributed by atoms with E-state index < -0.39 is 0 Å². The van der Waals surface area contributed by atoms with Gasteiger partial charge in [0.05, 0.1) is 0 Å². The van der Waals surface area contributed by atoms with Crippen LogP contribution in [0.3, 0.4) is 0 Å². The van der Waals surface area contributed by atoms with Crippen LogP contribution in [-0.4, -0.2) is 0 Å². The molecule has 1 aromatic carbocycles. The van der Waals surface area contributed by atoms with Crippen LogP contribution in [0.25, 0.3) is 0 Å². The third-order valence-corrected chi connectivity index (χ3v) is 3.84. The highest BCUT2D eigenvalue weighted by Crippen LogP contribution is 2.12. The maximum absolute atomic E-state index is 3.15. The lowest BCUT2D eigenvalue weighted by Gasteiger charge is -2.03. The topological polar surface area (TPSA) is 0 Å². The SMILES string of the molecule is CCCCCCCCCCCCCc1c[c]ccc1. The molecule has 0 atom stereocenters. The van der Waals surface area contributed by atoms with Gasteiger partial charge in [0, 0.05) is 0 Å². The van der Waals surface area contributed by atoms with Gasteiger partial charge in [-0.15, -0.1) is 0 Å². The minimum atomic E-state index is 1.23. The first-order chi connectivity index (χ1) is 9.43. The van der Waals surface area contributed by atoms with Crippen molar-refractivity contribution in [1.82, 2.24) is 0 Å². The molecule has 0 unspecified atom stereocenters. The second-order valence-corrected chi connectivity index (χ2v) is 5.70. The molecule has 0 aliphatic heterocycles. The zero-order chi connectivity index (χ0) is 13.6. The number of aryl methyl sites for hydroxylation is 1. The molecule has 1 rings (SSSR count). The second-order valence-electron chi connectivity index (χ2n) is 5.70. The summed E-state index contributed by atoms with van der Waals surface area (Å²) in [7, 11) is 0. The Balaban J connectivity index is 1.79. The van der Waals surface area contributed by atoms with Gasteiger partial charge in [-0.1, -0.05) is 95.4 Å². The molecule has 19 heavy (non-hydrogen) atoms. The molecule has 0 amide bonds. The predicted molar refractivity (Wildman–Crippen MR) is 85.4 cm³/mol. The largest absolute Gasteiger partial charge is 0.0654 e. The summed E-state index contributed by atoms with van der Waals surface area (Å²) in [5.74, 6) is 0. The first-order valence-electron chi connectivity index (χ1n) is 8.38. The Hall–Kier alpha value is -0.780. The number of hydrogen-bond acceptors (Lipinski definition) is 0. The van der Waals surface area contributed by atoms with Crippen molar-refractivity contribution in [3.05, 3.63) is 35.9 Å². The summed E-state index contributed by atoms with van der Waals surface area (Å²) < 4.78 is 0. The van der Waals surface area contributed by atoms with Crippen molar-refractivity contribution in [2.45, 2.75) is 84.0 Å². The molecule has 0 heterocycles. The molecule has 0 saturated carbocycles. The minimum Gasteiger partial charge on any atom is -0.0654 e. The Morgan fingerprint density at radius 2 is 1.37 bits per heavy atom. The van der Waals surface area contributed by atoms with Gasteiger partial charge in [0.25, 0.3) is 0 Å². The number of benzene rings is 1. The van der Waals surface area contributed by atoms with Gasteiger partial charge in [-0.25, -0.2) is 0 Å². The van der Waals surface area contributed by atoms with Gasteiger partial charge in [0.15, 0.2) is 0 Å². The van der Waals surface area contributed by atoms with Crippen LogP contribution in [-0.2, 0) is 6.42 Å². The lowest BCUT2D eigenvalue weighted by atomic mass is 10.0. The summed E-state index contributed by atoms with van der Waals surface area (Å²) in [6.45, 7) is 2.29. The molecule has 0 aliphatic rings. The van der Waals surface area contributed by atoms with Gasteiger partial charge in [0.2, 0.25) is 0 Å². The van der Waals surface area contributed by atoms with E-state index >= 15 is 0 Å².